The Balaban J connectivity index is 0.00000261. The van der Waals surface area contributed by atoms with Crippen molar-refractivity contribution >= 4 is 35.8 Å². The van der Waals surface area contributed by atoms with E-state index < -0.39 is 0 Å². The second kappa shape index (κ2) is 9.48. The van der Waals surface area contributed by atoms with E-state index in [1.165, 1.54) is 0 Å². The number of para-hydroxylation sites is 1. The molecule has 7 nitrogen and oxygen atoms in total. The fraction of sp³-hybridized carbons (Fsp3) is 0.579. The van der Waals surface area contributed by atoms with E-state index in [-0.39, 0.29) is 42.1 Å². The van der Waals surface area contributed by atoms with Crippen LogP contribution in [0.1, 0.15) is 31.2 Å². The quantitative estimate of drug-likeness (QED) is 0.378. The van der Waals surface area contributed by atoms with Gasteiger partial charge in [-0.05, 0) is 18.9 Å². The second-order valence-corrected chi connectivity index (χ2v) is 7.12. The summed E-state index contributed by atoms with van der Waals surface area (Å²) in [5.41, 5.74) is 0.689. The first-order chi connectivity index (χ1) is 12.6. The van der Waals surface area contributed by atoms with E-state index in [0.717, 1.165) is 42.7 Å². The van der Waals surface area contributed by atoms with Gasteiger partial charge in [-0.3, -0.25) is 9.79 Å². The van der Waals surface area contributed by atoms with Gasteiger partial charge in [-0.25, -0.2) is 0 Å². The Labute approximate surface area is 177 Å². The molecular formula is C19H29IN4O3. The number of carbonyl (C=O) groups excluding carboxylic acids is 1. The highest BCUT2D eigenvalue weighted by Crippen LogP contribution is 2.39. The molecule has 0 saturated heterocycles. The molecule has 150 valence electrons. The van der Waals surface area contributed by atoms with Crippen LogP contribution in [0.15, 0.2) is 23.2 Å². The lowest BCUT2D eigenvalue weighted by atomic mass is 9.84. The van der Waals surface area contributed by atoms with Gasteiger partial charge in [0.15, 0.2) is 17.5 Å². The van der Waals surface area contributed by atoms with E-state index in [1.807, 2.05) is 32.3 Å². The van der Waals surface area contributed by atoms with Crippen LogP contribution in [0, 0.1) is 5.41 Å². The van der Waals surface area contributed by atoms with E-state index in [4.69, 9.17) is 9.47 Å². The normalized spacial score (nSPS) is 17.2. The molecule has 2 N–H and O–H groups in total. The first kappa shape index (κ1) is 21.6. The third-order valence-electron chi connectivity index (χ3n) is 5.16. The number of fused-ring (bicyclic) bond motifs is 1. The van der Waals surface area contributed by atoms with Gasteiger partial charge in [-0.15, -0.1) is 24.0 Å². The molecule has 0 radical (unpaired) electrons. The number of ether oxygens (including phenoxy) is 2. The third-order valence-corrected chi connectivity index (χ3v) is 5.16. The molecule has 1 aliphatic heterocycles. The topological polar surface area (TPSA) is 75.2 Å². The van der Waals surface area contributed by atoms with Crippen molar-refractivity contribution in [3.8, 4) is 11.5 Å². The predicted molar refractivity (Wildman–Crippen MR) is 116 cm³/mol. The van der Waals surface area contributed by atoms with Gasteiger partial charge >= 0.3 is 0 Å². The van der Waals surface area contributed by atoms with Gasteiger partial charge in [0.25, 0.3) is 0 Å². The monoisotopic (exact) mass is 488 g/mol. The van der Waals surface area contributed by atoms with Crippen molar-refractivity contribution in [3.63, 3.8) is 0 Å². The Morgan fingerprint density at radius 2 is 1.96 bits per heavy atom. The zero-order chi connectivity index (χ0) is 18.6. The number of halogens is 1. The molecule has 1 heterocycles. The van der Waals surface area contributed by atoms with Gasteiger partial charge in [0.1, 0.15) is 0 Å². The lowest BCUT2D eigenvalue weighted by Crippen LogP contribution is -2.49. The lowest BCUT2D eigenvalue weighted by Gasteiger charge is -2.31. The van der Waals surface area contributed by atoms with Crippen LogP contribution in [-0.2, 0) is 11.3 Å². The lowest BCUT2D eigenvalue weighted by molar-refractivity contribution is -0.138. The molecule has 2 aliphatic rings. The molecule has 8 heteroatoms. The van der Waals surface area contributed by atoms with Gasteiger partial charge in [-0.2, -0.15) is 0 Å². The SMILES string of the molecule is CN=C(NCc1cccc2c1OCO2)NCC1(C(=O)N(C)C)CCCC1.I. The Kier molecular flexibility index (Phi) is 7.58. The molecule has 27 heavy (non-hydrogen) atoms. The van der Waals surface area contributed by atoms with E-state index in [0.29, 0.717) is 19.0 Å². The third kappa shape index (κ3) is 4.77. The number of hydrogen-bond donors (Lipinski definition) is 2. The minimum atomic E-state index is -0.327. The number of hydrogen-bond acceptors (Lipinski definition) is 4. The maximum absolute atomic E-state index is 12.7. The molecule has 1 amide bonds. The molecular weight excluding hydrogens is 459 g/mol. The standard InChI is InChI=1S/C19H28N4O3.HI/c1-20-18(21-11-14-7-6-8-15-16(14)26-13-25-15)22-12-19(9-4-5-10-19)17(24)23(2)3;/h6-8H,4-5,9-13H2,1-3H3,(H2,20,21,22);1H. The first-order valence-corrected chi connectivity index (χ1v) is 9.09. The Morgan fingerprint density at radius 3 is 2.63 bits per heavy atom. The second-order valence-electron chi connectivity index (χ2n) is 7.12. The number of nitrogens with one attached hydrogen (secondary N) is 2. The van der Waals surface area contributed by atoms with Crippen LogP contribution < -0.4 is 20.1 Å². The van der Waals surface area contributed by atoms with Crippen molar-refractivity contribution in [2.24, 2.45) is 10.4 Å². The number of carbonyl (C=O) groups is 1. The molecule has 3 rings (SSSR count). The van der Waals surface area contributed by atoms with Crippen LogP contribution in [-0.4, -0.2) is 51.2 Å². The summed E-state index contributed by atoms with van der Waals surface area (Å²) in [5.74, 6) is 2.43. The average Bonchev–Trinajstić information content (AvgIpc) is 3.31. The number of guanidine groups is 1. The molecule has 0 aromatic heterocycles. The van der Waals surface area contributed by atoms with Gasteiger partial charge in [-0.1, -0.05) is 25.0 Å². The summed E-state index contributed by atoms with van der Waals surface area (Å²) in [5, 5.41) is 6.65. The van der Waals surface area contributed by atoms with E-state index in [1.54, 1.807) is 11.9 Å². The van der Waals surface area contributed by atoms with Gasteiger partial charge in [0.05, 0.1) is 5.41 Å². The predicted octanol–water partition coefficient (Wildman–Crippen LogP) is 2.35. The molecule has 1 saturated carbocycles. The van der Waals surface area contributed by atoms with Crippen molar-refractivity contribution in [2.45, 2.75) is 32.2 Å². The first-order valence-electron chi connectivity index (χ1n) is 9.09. The number of amides is 1. The van der Waals surface area contributed by atoms with E-state index in [9.17, 15) is 4.79 Å². The fourth-order valence-corrected chi connectivity index (χ4v) is 3.77. The summed E-state index contributed by atoms with van der Waals surface area (Å²) >= 11 is 0. The zero-order valence-corrected chi connectivity index (χ0v) is 18.5. The smallest absolute Gasteiger partial charge is 0.231 e. The van der Waals surface area contributed by atoms with Crippen molar-refractivity contribution < 1.29 is 14.3 Å². The molecule has 0 spiro atoms. The molecule has 0 atom stereocenters. The molecule has 1 fully saturated rings. The number of benzene rings is 1. The van der Waals surface area contributed by atoms with Gasteiger partial charge < -0.3 is 25.0 Å². The van der Waals surface area contributed by atoms with Crippen molar-refractivity contribution in [3.05, 3.63) is 23.8 Å². The number of nitrogens with zero attached hydrogens (tertiary/aromatic N) is 2. The Morgan fingerprint density at radius 1 is 1.22 bits per heavy atom. The number of rotatable bonds is 5. The molecule has 1 aromatic carbocycles. The minimum Gasteiger partial charge on any atom is -0.454 e. The minimum absolute atomic E-state index is 0. The molecule has 1 aromatic rings. The summed E-state index contributed by atoms with van der Waals surface area (Å²) in [6.45, 7) is 1.42. The Hall–Kier alpha value is -1.71. The average molecular weight is 488 g/mol. The van der Waals surface area contributed by atoms with Crippen LogP contribution in [0.5, 0.6) is 11.5 Å². The van der Waals surface area contributed by atoms with E-state index in [2.05, 4.69) is 15.6 Å². The van der Waals surface area contributed by atoms with Crippen molar-refractivity contribution in [2.75, 3.05) is 34.5 Å². The van der Waals surface area contributed by atoms with Crippen molar-refractivity contribution in [1.29, 1.82) is 0 Å². The molecule has 1 aliphatic carbocycles. The summed E-state index contributed by atoms with van der Waals surface area (Å²) in [4.78, 5) is 18.7. The van der Waals surface area contributed by atoms with Crippen LogP contribution in [0.3, 0.4) is 0 Å². The van der Waals surface area contributed by atoms with E-state index >= 15 is 0 Å². The summed E-state index contributed by atoms with van der Waals surface area (Å²) in [7, 11) is 5.39. The number of aliphatic imine (C=N–C) groups is 1. The maximum Gasteiger partial charge on any atom is 0.231 e. The zero-order valence-electron chi connectivity index (χ0n) is 16.2. The highest BCUT2D eigenvalue weighted by molar-refractivity contribution is 14.0. The van der Waals surface area contributed by atoms with Crippen LogP contribution in [0.4, 0.5) is 0 Å². The molecule has 0 unspecified atom stereocenters. The van der Waals surface area contributed by atoms with Crippen LogP contribution in [0.25, 0.3) is 0 Å². The van der Waals surface area contributed by atoms with Gasteiger partial charge in [0.2, 0.25) is 12.7 Å². The maximum atomic E-state index is 12.7. The summed E-state index contributed by atoms with van der Waals surface area (Å²) in [6.07, 6.45) is 4.04. The van der Waals surface area contributed by atoms with Crippen molar-refractivity contribution in [1.82, 2.24) is 15.5 Å². The highest BCUT2D eigenvalue weighted by atomic mass is 127. The largest absolute Gasteiger partial charge is 0.454 e. The van der Waals surface area contributed by atoms with Crippen LogP contribution in [0.2, 0.25) is 0 Å². The summed E-state index contributed by atoms with van der Waals surface area (Å²) in [6, 6.07) is 5.85. The Bertz CT molecular complexity index is 688. The summed E-state index contributed by atoms with van der Waals surface area (Å²) < 4.78 is 10.9. The van der Waals surface area contributed by atoms with Gasteiger partial charge in [0, 0.05) is 39.8 Å². The van der Waals surface area contributed by atoms with Crippen LogP contribution >= 0.6 is 24.0 Å². The molecule has 0 bridgehead atoms. The fourth-order valence-electron chi connectivity index (χ4n) is 3.77. The highest BCUT2D eigenvalue weighted by Gasteiger charge is 2.42.